The summed E-state index contributed by atoms with van der Waals surface area (Å²) in [7, 11) is 0. The molecule has 4 amide bonds. The molecule has 2 saturated heterocycles. The zero-order valence-corrected chi connectivity index (χ0v) is 13.6. The number of hydrogen-bond donors (Lipinski definition) is 4. The minimum atomic E-state index is -0.769. The van der Waals surface area contributed by atoms with Gasteiger partial charge in [0, 0.05) is 13.1 Å². The lowest BCUT2D eigenvalue weighted by Gasteiger charge is -2.42. The lowest BCUT2D eigenvalue weighted by Crippen LogP contribution is -2.64. The summed E-state index contributed by atoms with van der Waals surface area (Å²) in [5, 5.41) is 5.80. The van der Waals surface area contributed by atoms with E-state index >= 15 is 0 Å². The molecule has 0 aromatic heterocycles. The van der Waals surface area contributed by atoms with Gasteiger partial charge in [0.2, 0.25) is 0 Å². The Hall–Kier alpha value is -0.760. The minimum Gasteiger partial charge on any atom is -0.311 e. The molecular formula is C12H22N4O2S2. The number of carbonyl (C=O) groups is 2. The zero-order valence-electron chi connectivity index (χ0n) is 11.8. The SMILES string of the molecule is CC12NC(=O)N(CCCS)C1(C)N(CCCS)C(=O)N2. The Bertz CT molecular complexity index is 388. The van der Waals surface area contributed by atoms with Crippen molar-refractivity contribution in [2.45, 2.75) is 38.0 Å². The van der Waals surface area contributed by atoms with Crippen molar-refractivity contribution in [3.63, 3.8) is 0 Å². The van der Waals surface area contributed by atoms with Gasteiger partial charge >= 0.3 is 12.1 Å². The van der Waals surface area contributed by atoms with E-state index in [-0.39, 0.29) is 12.1 Å². The maximum absolute atomic E-state index is 12.2. The van der Waals surface area contributed by atoms with Crippen LogP contribution in [0.25, 0.3) is 0 Å². The molecule has 0 aromatic rings. The summed E-state index contributed by atoms with van der Waals surface area (Å²) in [5.74, 6) is 1.41. The van der Waals surface area contributed by atoms with Crippen molar-refractivity contribution in [3.8, 4) is 0 Å². The van der Waals surface area contributed by atoms with Gasteiger partial charge in [0.05, 0.1) is 0 Å². The van der Waals surface area contributed by atoms with E-state index in [2.05, 4.69) is 35.9 Å². The predicted molar refractivity (Wildman–Crippen MR) is 84.2 cm³/mol. The molecule has 2 fully saturated rings. The standard InChI is InChI=1S/C12H22N4O2S2/c1-11-12(2,15(5-3-7-19)9(17)13-11)16(6-4-8-20)10(18)14-11/h19-20H,3-8H2,1-2H3,(H,13,17)(H,14,18). The highest BCUT2D eigenvalue weighted by molar-refractivity contribution is 7.80. The monoisotopic (exact) mass is 318 g/mol. The molecule has 0 aromatic carbocycles. The average molecular weight is 318 g/mol. The summed E-state index contributed by atoms with van der Waals surface area (Å²) in [6, 6.07) is -0.291. The first kappa shape index (κ1) is 15.6. The van der Waals surface area contributed by atoms with Gasteiger partial charge in [0.25, 0.3) is 0 Å². The maximum Gasteiger partial charge on any atom is 0.321 e. The number of rotatable bonds is 6. The van der Waals surface area contributed by atoms with Gasteiger partial charge in [-0.25, -0.2) is 9.59 Å². The molecule has 6 nitrogen and oxygen atoms in total. The van der Waals surface area contributed by atoms with Crippen molar-refractivity contribution in [1.29, 1.82) is 0 Å². The van der Waals surface area contributed by atoms with Gasteiger partial charge in [-0.05, 0) is 38.2 Å². The van der Waals surface area contributed by atoms with Gasteiger partial charge in [0.15, 0.2) is 11.3 Å². The Labute approximate surface area is 130 Å². The molecule has 0 radical (unpaired) electrons. The third-order valence-electron chi connectivity index (χ3n) is 4.28. The van der Waals surface area contributed by atoms with Crippen molar-refractivity contribution in [2.75, 3.05) is 24.6 Å². The van der Waals surface area contributed by atoms with Crippen LogP contribution in [-0.2, 0) is 0 Å². The fourth-order valence-electron chi connectivity index (χ4n) is 3.01. The van der Waals surface area contributed by atoms with E-state index in [1.54, 1.807) is 9.80 Å². The first-order valence-electron chi connectivity index (χ1n) is 6.82. The molecule has 20 heavy (non-hydrogen) atoms. The fourth-order valence-corrected chi connectivity index (χ4v) is 3.29. The van der Waals surface area contributed by atoms with Gasteiger partial charge in [-0.3, -0.25) is 9.80 Å². The molecule has 0 spiro atoms. The van der Waals surface area contributed by atoms with Crippen molar-refractivity contribution >= 4 is 37.3 Å². The largest absolute Gasteiger partial charge is 0.321 e. The minimum absolute atomic E-state index is 0.146. The molecule has 2 aliphatic heterocycles. The third kappa shape index (κ3) is 2.13. The quantitative estimate of drug-likeness (QED) is 0.554. The van der Waals surface area contributed by atoms with Gasteiger partial charge in [-0.15, -0.1) is 0 Å². The van der Waals surface area contributed by atoms with Crippen LogP contribution in [0.15, 0.2) is 0 Å². The smallest absolute Gasteiger partial charge is 0.311 e. The number of amides is 4. The number of hydrogen-bond acceptors (Lipinski definition) is 4. The molecule has 2 heterocycles. The van der Waals surface area contributed by atoms with Crippen LogP contribution in [0.3, 0.4) is 0 Å². The van der Waals surface area contributed by atoms with Gasteiger partial charge in [-0.2, -0.15) is 25.3 Å². The van der Waals surface area contributed by atoms with Crippen LogP contribution in [0.4, 0.5) is 9.59 Å². The molecule has 8 heteroatoms. The molecule has 0 saturated carbocycles. The number of urea groups is 2. The number of thiol groups is 2. The molecule has 0 bridgehead atoms. The number of nitrogens with zero attached hydrogens (tertiary/aromatic N) is 2. The summed E-state index contributed by atoms with van der Waals surface area (Å²) in [6.07, 6.45) is 1.58. The Morgan fingerprint density at radius 3 is 1.70 bits per heavy atom. The van der Waals surface area contributed by atoms with Gasteiger partial charge < -0.3 is 10.6 Å². The van der Waals surface area contributed by atoms with E-state index in [1.165, 1.54) is 0 Å². The maximum atomic E-state index is 12.2. The normalized spacial score (nSPS) is 32.4. The summed E-state index contributed by atoms with van der Waals surface area (Å²) in [6.45, 7) is 4.94. The van der Waals surface area contributed by atoms with Crippen LogP contribution in [0.5, 0.6) is 0 Å². The Balaban J connectivity index is 2.31. The molecule has 2 rings (SSSR count). The lowest BCUT2D eigenvalue weighted by molar-refractivity contribution is 0.0179. The highest BCUT2D eigenvalue weighted by atomic mass is 32.1. The number of fused-ring (bicyclic) bond motifs is 1. The fraction of sp³-hybridized carbons (Fsp3) is 0.833. The van der Waals surface area contributed by atoms with Crippen molar-refractivity contribution in [2.24, 2.45) is 0 Å². The van der Waals surface area contributed by atoms with E-state index in [0.717, 1.165) is 12.8 Å². The van der Waals surface area contributed by atoms with Crippen LogP contribution in [0.2, 0.25) is 0 Å². The summed E-state index contributed by atoms with van der Waals surface area (Å²) >= 11 is 8.40. The highest BCUT2D eigenvalue weighted by Gasteiger charge is 2.66. The molecule has 0 unspecified atom stereocenters. The van der Waals surface area contributed by atoms with Crippen molar-refractivity contribution < 1.29 is 9.59 Å². The molecular weight excluding hydrogens is 296 g/mol. The molecule has 0 aliphatic carbocycles. The molecule has 114 valence electrons. The molecule has 2 N–H and O–H groups in total. The Morgan fingerprint density at radius 2 is 1.35 bits per heavy atom. The zero-order chi connectivity index (χ0) is 15.0. The van der Waals surface area contributed by atoms with Crippen LogP contribution < -0.4 is 10.6 Å². The second kappa shape index (κ2) is 5.55. The van der Waals surface area contributed by atoms with E-state index < -0.39 is 11.3 Å². The third-order valence-corrected chi connectivity index (χ3v) is 4.91. The first-order valence-corrected chi connectivity index (χ1v) is 8.08. The lowest BCUT2D eigenvalue weighted by atomic mass is 9.97. The van der Waals surface area contributed by atoms with Crippen molar-refractivity contribution in [3.05, 3.63) is 0 Å². The van der Waals surface area contributed by atoms with E-state index in [9.17, 15) is 9.59 Å². The topological polar surface area (TPSA) is 64.7 Å². The van der Waals surface area contributed by atoms with Crippen LogP contribution in [0, 0.1) is 0 Å². The van der Waals surface area contributed by atoms with E-state index in [4.69, 9.17) is 0 Å². The van der Waals surface area contributed by atoms with E-state index in [1.807, 2.05) is 13.8 Å². The molecule has 0 atom stereocenters. The van der Waals surface area contributed by atoms with Crippen LogP contribution in [-0.4, -0.2) is 57.8 Å². The number of carbonyl (C=O) groups excluding carboxylic acids is 2. The van der Waals surface area contributed by atoms with Crippen LogP contribution in [0.1, 0.15) is 26.7 Å². The average Bonchev–Trinajstić information content (AvgIpc) is 2.66. The predicted octanol–water partition coefficient (Wildman–Crippen LogP) is 1.11. The van der Waals surface area contributed by atoms with Crippen LogP contribution >= 0.6 is 25.3 Å². The first-order chi connectivity index (χ1) is 9.40. The van der Waals surface area contributed by atoms with Gasteiger partial charge in [-0.1, -0.05) is 0 Å². The summed E-state index contributed by atoms with van der Waals surface area (Å²) < 4.78 is 0. The summed E-state index contributed by atoms with van der Waals surface area (Å²) in [5.41, 5.74) is -1.47. The Morgan fingerprint density at radius 1 is 0.950 bits per heavy atom. The molecule has 2 aliphatic rings. The van der Waals surface area contributed by atoms with Gasteiger partial charge in [0.1, 0.15) is 0 Å². The summed E-state index contributed by atoms with van der Waals surface area (Å²) in [4.78, 5) is 27.9. The van der Waals surface area contributed by atoms with E-state index in [0.29, 0.717) is 24.6 Å². The second-order valence-corrected chi connectivity index (χ2v) is 6.36. The second-order valence-electron chi connectivity index (χ2n) is 5.46. The Kier molecular flexibility index (Phi) is 4.34. The highest BCUT2D eigenvalue weighted by Crippen LogP contribution is 2.40. The van der Waals surface area contributed by atoms with Crippen molar-refractivity contribution in [1.82, 2.24) is 20.4 Å². The number of nitrogens with one attached hydrogen (secondary N) is 2.